The Kier molecular flexibility index (Phi) is 4.28. The molecule has 0 radical (unpaired) electrons. The van der Waals surface area contributed by atoms with E-state index in [1.807, 2.05) is 0 Å². The minimum Gasteiger partial charge on any atom is -0.433 e. The first kappa shape index (κ1) is 15.3. The minimum atomic E-state index is -0.711. The summed E-state index contributed by atoms with van der Waals surface area (Å²) in [7, 11) is 0. The molecule has 1 spiro atoms. The van der Waals surface area contributed by atoms with Crippen molar-refractivity contribution in [1.82, 2.24) is 0 Å². The normalized spacial score (nSPS) is 44.3. The van der Waals surface area contributed by atoms with E-state index < -0.39 is 5.79 Å². The second kappa shape index (κ2) is 5.88. The second-order valence-electron chi connectivity index (χ2n) is 7.43. The second-order valence-corrected chi connectivity index (χ2v) is 7.43. The third kappa shape index (κ3) is 2.98. The van der Waals surface area contributed by atoms with Crippen LogP contribution < -0.4 is 0 Å². The Morgan fingerprint density at radius 2 is 2.00 bits per heavy atom. The van der Waals surface area contributed by atoms with Gasteiger partial charge < -0.3 is 14.2 Å². The fraction of sp³-hybridized carbons (Fsp3) is 0.941. The van der Waals surface area contributed by atoms with Gasteiger partial charge in [0, 0.05) is 18.9 Å². The molecule has 1 unspecified atom stereocenters. The van der Waals surface area contributed by atoms with Crippen LogP contribution in [-0.4, -0.2) is 30.6 Å². The Hall–Kier alpha value is -0.610. The quantitative estimate of drug-likeness (QED) is 0.734. The van der Waals surface area contributed by atoms with E-state index in [-0.39, 0.29) is 18.2 Å². The number of carbonyl (C=O) groups excluding carboxylic acids is 1. The zero-order valence-corrected chi connectivity index (χ0v) is 13.5. The van der Waals surface area contributed by atoms with Crippen LogP contribution in [0.4, 0.5) is 0 Å². The summed E-state index contributed by atoms with van der Waals surface area (Å²) in [5.74, 6) is 0.463. The molecular weight excluding hydrogens is 268 g/mol. The van der Waals surface area contributed by atoms with E-state index in [0.717, 1.165) is 32.3 Å². The van der Waals surface area contributed by atoms with Crippen LogP contribution in [0, 0.1) is 17.8 Å². The van der Waals surface area contributed by atoms with Gasteiger partial charge in [0.2, 0.25) is 5.79 Å². The van der Waals surface area contributed by atoms with Crippen LogP contribution in [0.1, 0.15) is 59.3 Å². The highest BCUT2D eigenvalue weighted by atomic mass is 16.7. The maximum absolute atomic E-state index is 12.2. The van der Waals surface area contributed by atoms with Crippen molar-refractivity contribution in [2.45, 2.75) is 77.3 Å². The summed E-state index contributed by atoms with van der Waals surface area (Å²) in [6, 6.07) is 0. The smallest absolute Gasteiger partial charge is 0.311 e. The zero-order chi connectivity index (χ0) is 15.0. The number of hydrogen-bond donors (Lipinski definition) is 0. The van der Waals surface area contributed by atoms with Crippen molar-refractivity contribution in [1.29, 1.82) is 0 Å². The average Bonchev–Trinajstić information content (AvgIpc) is 2.90. The van der Waals surface area contributed by atoms with Gasteiger partial charge in [-0.05, 0) is 37.5 Å². The van der Waals surface area contributed by atoms with Crippen molar-refractivity contribution in [2.75, 3.05) is 6.61 Å². The molecule has 3 fully saturated rings. The summed E-state index contributed by atoms with van der Waals surface area (Å²) in [6.45, 7) is 7.42. The van der Waals surface area contributed by atoms with Gasteiger partial charge in [-0.3, -0.25) is 4.79 Å². The van der Waals surface area contributed by atoms with E-state index in [0.29, 0.717) is 24.2 Å². The van der Waals surface area contributed by atoms with Crippen LogP contribution in [0.2, 0.25) is 0 Å². The van der Waals surface area contributed by atoms with Gasteiger partial charge in [0.1, 0.15) is 0 Å². The first-order valence-electron chi connectivity index (χ1n) is 8.51. The lowest BCUT2D eigenvalue weighted by Crippen LogP contribution is -2.57. The first-order valence-corrected chi connectivity index (χ1v) is 8.51. The van der Waals surface area contributed by atoms with Crippen LogP contribution >= 0.6 is 0 Å². The van der Waals surface area contributed by atoms with E-state index >= 15 is 0 Å². The molecule has 0 aromatic heterocycles. The first-order chi connectivity index (χ1) is 10.00. The SMILES string of the molecule is CC(C)[C@@H]1CC[C@@H](C)C[C@@]12OC(=O)C[C@@H](C1CCCO1)O2. The molecular formula is C17H28O4. The monoisotopic (exact) mass is 296 g/mol. The number of ether oxygens (including phenoxy) is 3. The molecule has 5 atom stereocenters. The topological polar surface area (TPSA) is 44.8 Å². The van der Waals surface area contributed by atoms with Crippen LogP contribution in [0.15, 0.2) is 0 Å². The summed E-state index contributed by atoms with van der Waals surface area (Å²) in [5, 5.41) is 0. The van der Waals surface area contributed by atoms with Gasteiger partial charge in [0.15, 0.2) is 0 Å². The predicted octanol–water partition coefficient (Wildman–Crippen LogP) is 3.29. The molecule has 0 amide bonds. The molecule has 0 aromatic rings. The van der Waals surface area contributed by atoms with Crippen molar-refractivity contribution >= 4 is 5.97 Å². The highest BCUT2D eigenvalue weighted by Crippen LogP contribution is 2.47. The Bertz CT molecular complexity index is 388. The molecule has 2 aliphatic heterocycles. The predicted molar refractivity (Wildman–Crippen MR) is 78.6 cm³/mol. The molecule has 120 valence electrons. The fourth-order valence-electron chi connectivity index (χ4n) is 4.34. The van der Waals surface area contributed by atoms with E-state index in [1.165, 1.54) is 6.42 Å². The summed E-state index contributed by atoms with van der Waals surface area (Å²) in [5.41, 5.74) is 0. The highest BCUT2D eigenvalue weighted by Gasteiger charge is 2.54. The lowest BCUT2D eigenvalue weighted by molar-refractivity contribution is -0.326. The lowest BCUT2D eigenvalue weighted by Gasteiger charge is -2.51. The standard InChI is InChI=1S/C17H28O4/c1-11(2)13-7-6-12(3)10-17(13)20-15(9-16(18)21-17)14-5-4-8-19-14/h11-15H,4-10H2,1-3H3/t12-,13+,14?,15+,17-/m1/s1. The number of rotatable bonds is 2. The Labute approximate surface area is 127 Å². The Balaban J connectivity index is 1.83. The van der Waals surface area contributed by atoms with Crippen LogP contribution in [0.25, 0.3) is 0 Å². The van der Waals surface area contributed by atoms with Crippen molar-refractivity contribution in [3.05, 3.63) is 0 Å². The molecule has 1 aliphatic carbocycles. The number of esters is 1. The maximum Gasteiger partial charge on any atom is 0.311 e. The molecule has 0 N–H and O–H groups in total. The van der Waals surface area contributed by atoms with Gasteiger partial charge in [0.05, 0.1) is 18.6 Å². The van der Waals surface area contributed by atoms with Gasteiger partial charge in [-0.2, -0.15) is 0 Å². The molecule has 2 saturated heterocycles. The molecule has 21 heavy (non-hydrogen) atoms. The van der Waals surface area contributed by atoms with Crippen LogP contribution in [-0.2, 0) is 19.0 Å². The molecule has 2 heterocycles. The van der Waals surface area contributed by atoms with E-state index in [4.69, 9.17) is 14.2 Å². The maximum atomic E-state index is 12.2. The number of hydrogen-bond acceptors (Lipinski definition) is 4. The molecule has 0 aromatic carbocycles. The Morgan fingerprint density at radius 3 is 2.67 bits per heavy atom. The van der Waals surface area contributed by atoms with Crippen molar-refractivity contribution in [3.8, 4) is 0 Å². The van der Waals surface area contributed by atoms with Crippen molar-refractivity contribution in [3.63, 3.8) is 0 Å². The molecule has 3 rings (SSSR count). The van der Waals surface area contributed by atoms with Gasteiger partial charge in [-0.15, -0.1) is 0 Å². The van der Waals surface area contributed by atoms with Gasteiger partial charge in [-0.1, -0.05) is 20.8 Å². The van der Waals surface area contributed by atoms with E-state index in [1.54, 1.807) is 0 Å². The van der Waals surface area contributed by atoms with E-state index in [9.17, 15) is 4.79 Å². The summed E-state index contributed by atoms with van der Waals surface area (Å²) in [6.07, 6.45) is 5.43. The van der Waals surface area contributed by atoms with Crippen LogP contribution in [0.5, 0.6) is 0 Å². The highest BCUT2D eigenvalue weighted by molar-refractivity contribution is 5.71. The average molecular weight is 296 g/mol. The summed E-state index contributed by atoms with van der Waals surface area (Å²) >= 11 is 0. The van der Waals surface area contributed by atoms with Crippen molar-refractivity contribution < 1.29 is 19.0 Å². The summed E-state index contributed by atoms with van der Waals surface area (Å²) in [4.78, 5) is 12.2. The zero-order valence-electron chi connectivity index (χ0n) is 13.5. The molecule has 1 saturated carbocycles. The van der Waals surface area contributed by atoms with Crippen molar-refractivity contribution in [2.24, 2.45) is 17.8 Å². The van der Waals surface area contributed by atoms with Gasteiger partial charge in [-0.25, -0.2) is 0 Å². The Morgan fingerprint density at radius 1 is 1.19 bits per heavy atom. The minimum absolute atomic E-state index is 0.0692. The van der Waals surface area contributed by atoms with Gasteiger partial charge in [0.25, 0.3) is 0 Å². The van der Waals surface area contributed by atoms with E-state index in [2.05, 4.69) is 20.8 Å². The molecule has 4 heteroatoms. The summed E-state index contributed by atoms with van der Waals surface area (Å²) < 4.78 is 18.0. The number of carbonyl (C=O) groups is 1. The third-order valence-electron chi connectivity index (χ3n) is 5.36. The lowest BCUT2D eigenvalue weighted by atomic mass is 9.72. The third-order valence-corrected chi connectivity index (χ3v) is 5.36. The largest absolute Gasteiger partial charge is 0.433 e. The van der Waals surface area contributed by atoms with Gasteiger partial charge >= 0.3 is 5.97 Å². The molecule has 4 nitrogen and oxygen atoms in total. The molecule has 3 aliphatic rings. The molecule has 0 bridgehead atoms. The fourth-order valence-corrected chi connectivity index (χ4v) is 4.34. The van der Waals surface area contributed by atoms with Crippen LogP contribution in [0.3, 0.4) is 0 Å².